The highest BCUT2D eigenvalue weighted by Gasteiger charge is 2.48. The van der Waals surface area contributed by atoms with Gasteiger partial charge in [0.05, 0.1) is 12.7 Å². The van der Waals surface area contributed by atoms with Crippen molar-refractivity contribution in [2.45, 2.75) is 70.4 Å². The van der Waals surface area contributed by atoms with Crippen LogP contribution < -0.4 is 0 Å². The van der Waals surface area contributed by atoms with E-state index in [1.54, 1.807) is 6.20 Å². The third kappa shape index (κ3) is 4.19. The number of ether oxygens (including phenoxy) is 1. The van der Waals surface area contributed by atoms with E-state index in [2.05, 4.69) is 24.0 Å². The fourth-order valence-corrected chi connectivity index (χ4v) is 4.00. The lowest BCUT2D eigenvalue weighted by Crippen LogP contribution is -2.49. The van der Waals surface area contributed by atoms with Crippen LogP contribution in [-0.2, 0) is 16.0 Å². The molecule has 2 saturated heterocycles. The van der Waals surface area contributed by atoms with Gasteiger partial charge in [-0.05, 0) is 31.7 Å². The predicted molar refractivity (Wildman–Crippen MR) is 97.6 cm³/mol. The van der Waals surface area contributed by atoms with Gasteiger partial charge in [-0.2, -0.15) is 5.10 Å². The molecule has 0 saturated carbocycles. The van der Waals surface area contributed by atoms with E-state index in [9.17, 15) is 9.59 Å². The lowest BCUT2D eigenvalue weighted by atomic mass is 9.90. The molecule has 0 aromatic carbocycles. The first-order valence-electron chi connectivity index (χ1n) is 9.78. The molecule has 1 aromatic rings. The summed E-state index contributed by atoms with van der Waals surface area (Å²) in [6.45, 7) is 6.23. The molecule has 0 aliphatic carbocycles. The second-order valence-electron chi connectivity index (χ2n) is 7.66. The summed E-state index contributed by atoms with van der Waals surface area (Å²) in [6, 6.07) is 0.217. The van der Waals surface area contributed by atoms with E-state index in [1.165, 1.54) is 0 Å². The summed E-state index contributed by atoms with van der Waals surface area (Å²) >= 11 is 0. The van der Waals surface area contributed by atoms with Crippen LogP contribution in [0.1, 0.15) is 57.9 Å². The van der Waals surface area contributed by atoms with Crippen molar-refractivity contribution in [1.29, 1.82) is 0 Å². The number of carbonyl (C=O) groups excluding carboxylic acids is 2. The first kappa shape index (κ1) is 18.7. The summed E-state index contributed by atoms with van der Waals surface area (Å²) in [4.78, 5) is 28.5. The van der Waals surface area contributed by atoms with E-state index in [4.69, 9.17) is 4.74 Å². The minimum absolute atomic E-state index is 0.189. The molecule has 0 radical (unpaired) electrons. The molecule has 3 heterocycles. The molecular weight excluding hydrogens is 332 g/mol. The molecule has 2 aliphatic heterocycles. The minimum Gasteiger partial charge on any atom is -0.441 e. The third-order valence-corrected chi connectivity index (χ3v) is 5.67. The van der Waals surface area contributed by atoms with Crippen molar-refractivity contribution in [1.82, 2.24) is 20.0 Å². The van der Waals surface area contributed by atoms with Gasteiger partial charge in [-0.15, -0.1) is 0 Å². The van der Waals surface area contributed by atoms with Crippen molar-refractivity contribution in [3.63, 3.8) is 0 Å². The minimum atomic E-state index is -0.396. The zero-order valence-corrected chi connectivity index (χ0v) is 15.9. The summed E-state index contributed by atoms with van der Waals surface area (Å²) in [6.07, 6.45) is 9.25. The molecule has 7 heteroatoms. The maximum atomic E-state index is 12.4. The number of aryl methyl sites for hydroxylation is 1. The number of piperidine rings is 1. The van der Waals surface area contributed by atoms with Crippen molar-refractivity contribution in [3.05, 3.63) is 18.0 Å². The fourth-order valence-electron chi connectivity index (χ4n) is 4.00. The molecule has 0 unspecified atom stereocenters. The van der Waals surface area contributed by atoms with Gasteiger partial charge in [0.25, 0.3) is 0 Å². The first-order chi connectivity index (χ1) is 12.5. The van der Waals surface area contributed by atoms with Crippen molar-refractivity contribution in [2.75, 3.05) is 19.6 Å². The van der Waals surface area contributed by atoms with Gasteiger partial charge in [-0.1, -0.05) is 13.3 Å². The zero-order chi connectivity index (χ0) is 18.6. The summed E-state index contributed by atoms with van der Waals surface area (Å²) in [7, 11) is 0. The maximum absolute atomic E-state index is 12.4. The fraction of sp³-hybridized carbons (Fsp3) is 0.737. The Morgan fingerprint density at radius 3 is 2.85 bits per heavy atom. The standard InChI is InChI=1S/C19H30N4O3/c1-3-5-15(2)23-14-19(26-18(23)25)8-10-22(11-9-19)17(24)7-4-6-16-12-20-21-13-16/h12-13,15H,3-11,14H2,1-2H3,(H,20,21)/t15-/m1/s1. The summed E-state index contributed by atoms with van der Waals surface area (Å²) in [5.74, 6) is 0.198. The topological polar surface area (TPSA) is 78.5 Å². The van der Waals surface area contributed by atoms with Gasteiger partial charge in [-0.3, -0.25) is 9.89 Å². The van der Waals surface area contributed by atoms with Crippen LogP contribution >= 0.6 is 0 Å². The van der Waals surface area contributed by atoms with Gasteiger partial charge in [0.1, 0.15) is 5.60 Å². The predicted octanol–water partition coefficient (Wildman–Crippen LogP) is 2.73. The lowest BCUT2D eigenvalue weighted by molar-refractivity contribution is -0.134. The molecule has 0 bridgehead atoms. The van der Waals surface area contributed by atoms with Crippen molar-refractivity contribution >= 4 is 12.0 Å². The quantitative estimate of drug-likeness (QED) is 0.809. The number of H-pyrrole nitrogens is 1. The van der Waals surface area contributed by atoms with Gasteiger partial charge in [-0.25, -0.2) is 4.79 Å². The second kappa shape index (κ2) is 8.10. The molecule has 1 atom stereocenters. The van der Waals surface area contributed by atoms with Gasteiger partial charge in [0.2, 0.25) is 5.91 Å². The monoisotopic (exact) mass is 362 g/mol. The molecule has 1 N–H and O–H groups in total. The Balaban J connectivity index is 1.45. The number of carbonyl (C=O) groups is 2. The number of likely N-dealkylation sites (tertiary alicyclic amines) is 1. The molecule has 7 nitrogen and oxygen atoms in total. The number of hydrogen-bond acceptors (Lipinski definition) is 4. The number of nitrogens with one attached hydrogen (secondary N) is 1. The van der Waals surface area contributed by atoms with E-state index >= 15 is 0 Å². The number of aromatic nitrogens is 2. The number of aromatic amines is 1. The molecule has 2 fully saturated rings. The Kier molecular flexibility index (Phi) is 5.84. The Morgan fingerprint density at radius 1 is 1.42 bits per heavy atom. The van der Waals surface area contributed by atoms with E-state index in [-0.39, 0.29) is 18.0 Å². The number of hydrogen-bond donors (Lipinski definition) is 1. The lowest BCUT2D eigenvalue weighted by Gasteiger charge is -2.37. The Hall–Kier alpha value is -2.05. The van der Waals surface area contributed by atoms with Crippen LogP contribution in [0.4, 0.5) is 4.79 Å². The SMILES string of the molecule is CCC[C@@H](C)N1CC2(CCN(C(=O)CCCc3cn[nH]c3)CC2)OC1=O. The van der Waals surface area contributed by atoms with E-state index in [0.29, 0.717) is 26.1 Å². The van der Waals surface area contributed by atoms with Crippen LogP contribution in [0, 0.1) is 0 Å². The average molecular weight is 362 g/mol. The number of rotatable bonds is 7. The van der Waals surface area contributed by atoms with E-state index in [1.807, 2.05) is 16.0 Å². The Morgan fingerprint density at radius 2 is 2.19 bits per heavy atom. The highest BCUT2D eigenvalue weighted by Crippen LogP contribution is 2.35. The number of nitrogens with zero attached hydrogens (tertiary/aromatic N) is 3. The molecule has 1 spiro atoms. The van der Waals surface area contributed by atoms with Crippen LogP contribution in [0.25, 0.3) is 0 Å². The van der Waals surface area contributed by atoms with Gasteiger partial charge in [0, 0.05) is 44.6 Å². The van der Waals surface area contributed by atoms with E-state index < -0.39 is 5.60 Å². The zero-order valence-electron chi connectivity index (χ0n) is 15.9. The van der Waals surface area contributed by atoms with Crippen LogP contribution in [-0.4, -0.2) is 63.3 Å². The molecule has 2 amide bonds. The molecule has 1 aromatic heterocycles. The Labute approximate surface area is 155 Å². The van der Waals surface area contributed by atoms with Crippen LogP contribution in [0.2, 0.25) is 0 Å². The van der Waals surface area contributed by atoms with Crippen molar-refractivity contribution < 1.29 is 14.3 Å². The molecule has 26 heavy (non-hydrogen) atoms. The summed E-state index contributed by atoms with van der Waals surface area (Å²) in [5.41, 5.74) is 0.738. The summed E-state index contributed by atoms with van der Waals surface area (Å²) in [5, 5.41) is 6.71. The van der Waals surface area contributed by atoms with Gasteiger partial charge in [0.15, 0.2) is 0 Å². The second-order valence-corrected chi connectivity index (χ2v) is 7.66. The Bertz CT molecular complexity index is 608. The molecule has 144 valence electrons. The van der Waals surface area contributed by atoms with Crippen molar-refractivity contribution in [3.8, 4) is 0 Å². The number of amides is 2. The highest BCUT2D eigenvalue weighted by molar-refractivity contribution is 5.76. The largest absolute Gasteiger partial charge is 0.441 e. The first-order valence-corrected chi connectivity index (χ1v) is 9.78. The van der Waals surface area contributed by atoms with Crippen LogP contribution in [0.3, 0.4) is 0 Å². The van der Waals surface area contributed by atoms with Crippen LogP contribution in [0.5, 0.6) is 0 Å². The highest BCUT2D eigenvalue weighted by atomic mass is 16.6. The smallest absolute Gasteiger partial charge is 0.410 e. The normalized spacial score (nSPS) is 20.5. The molecular formula is C19H30N4O3. The van der Waals surface area contributed by atoms with Crippen molar-refractivity contribution in [2.24, 2.45) is 0 Å². The van der Waals surface area contributed by atoms with Crippen LogP contribution in [0.15, 0.2) is 12.4 Å². The average Bonchev–Trinajstić information content (AvgIpc) is 3.24. The molecule has 2 aliphatic rings. The molecule has 3 rings (SSSR count). The van der Waals surface area contributed by atoms with Gasteiger partial charge < -0.3 is 14.5 Å². The summed E-state index contributed by atoms with van der Waals surface area (Å²) < 4.78 is 5.77. The maximum Gasteiger partial charge on any atom is 0.410 e. The van der Waals surface area contributed by atoms with Gasteiger partial charge >= 0.3 is 6.09 Å². The third-order valence-electron chi connectivity index (χ3n) is 5.67. The van der Waals surface area contributed by atoms with E-state index in [0.717, 1.165) is 44.1 Å².